The number of aromatic nitrogens is 1. The van der Waals surface area contributed by atoms with Gasteiger partial charge in [-0.05, 0) is 55.0 Å². The number of halogens is 1. The molecule has 1 aromatic heterocycles. The quantitative estimate of drug-likeness (QED) is 0.625. The molecule has 0 saturated heterocycles. The van der Waals surface area contributed by atoms with E-state index in [4.69, 9.17) is 11.6 Å². The summed E-state index contributed by atoms with van der Waals surface area (Å²) in [5, 5.41) is 5.08. The van der Waals surface area contributed by atoms with E-state index in [1.54, 1.807) is 0 Å². The van der Waals surface area contributed by atoms with Crippen molar-refractivity contribution in [3.05, 3.63) is 70.9 Å². The maximum atomic E-state index is 12.7. The van der Waals surface area contributed by atoms with Gasteiger partial charge < -0.3 is 10.3 Å². The zero-order valence-corrected chi connectivity index (χ0v) is 14.8. The maximum Gasteiger partial charge on any atom is 0.230 e. The van der Waals surface area contributed by atoms with Crippen LogP contribution >= 0.6 is 11.6 Å². The van der Waals surface area contributed by atoms with Gasteiger partial charge in [-0.15, -0.1) is 0 Å². The highest BCUT2D eigenvalue weighted by molar-refractivity contribution is 6.30. The lowest BCUT2D eigenvalue weighted by molar-refractivity contribution is -0.123. The fraction of sp³-hybridized carbons (Fsp3) is 0.286. The number of rotatable bonds is 6. The molecule has 1 aliphatic rings. The molecule has 1 aliphatic carbocycles. The summed E-state index contributed by atoms with van der Waals surface area (Å²) in [6.07, 6.45) is 5.76. The molecule has 0 aliphatic heterocycles. The first-order valence-electron chi connectivity index (χ1n) is 8.78. The van der Waals surface area contributed by atoms with Crippen molar-refractivity contribution < 1.29 is 4.79 Å². The molecule has 25 heavy (non-hydrogen) atoms. The fourth-order valence-electron chi connectivity index (χ4n) is 3.55. The number of aryl methyl sites for hydroxylation is 1. The van der Waals surface area contributed by atoms with Gasteiger partial charge in [-0.2, -0.15) is 0 Å². The minimum absolute atomic E-state index is 0.133. The Kier molecular flexibility index (Phi) is 4.26. The molecular formula is C21H21ClN2O. The predicted octanol–water partition coefficient (Wildman–Crippen LogP) is 4.60. The van der Waals surface area contributed by atoms with Crippen LogP contribution in [-0.4, -0.2) is 17.4 Å². The van der Waals surface area contributed by atoms with Crippen LogP contribution in [0.1, 0.15) is 30.4 Å². The van der Waals surface area contributed by atoms with E-state index in [1.165, 1.54) is 16.5 Å². The number of amides is 1. The fourth-order valence-corrected chi connectivity index (χ4v) is 3.74. The minimum atomic E-state index is -0.355. The van der Waals surface area contributed by atoms with Crippen molar-refractivity contribution in [2.75, 3.05) is 6.54 Å². The van der Waals surface area contributed by atoms with Crippen LogP contribution in [0.2, 0.25) is 5.02 Å². The second kappa shape index (κ2) is 6.57. The van der Waals surface area contributed by atoms with Crippen molar-refractivity contribution >= 4 is 28.4 Å². The number of benzene rings is 2. The van der Waals surface area contributed by atoms with E-state index in [9.17, 15) is 4.79 Å². The van der Waals surface area contributed by atoms with E-state index < -0.39 is 0 Å². The molecule has 4 rings (SSSR count). The average molecular weight is 353 g/mol. The number of carbonyl (C=O) groups excluding carboxylic acids is 1. The van der Waals surface area contributed by atoms with Crippen LogP contribution in [0.15, 0.2) is 54.7 Å². The third-order valence-electron chi connectivity index (χ3n) is 5.15. The van der Waals surface area contributed by atoms with Crippen LogP contribution in [-0.2, 0) is 16.6 Å². The monoisotopic (exact) mass is 352 g/mol. The summed E-state index contributed by atoms with van der Waals surface area (Å²) < 4.78 is 0. The van der Waals surface area contributed by atoms with Gasteiger partial charge in [0, 0.05) is 28.7 Å². The normalized spacial score (nSPS) is 15.2. The number of aromatic amines is 1. The SMILES string of the molecule is O=C(NCCCc1c[nH]c2ccccc12)C1(c2cccc(Cl)c2)CC1. The van der Waals surface area contributed by atoms with Gasteiger partial charge in [0.1, 0.15) is 0 Å². The van der Waals surface area contributed by atoms with Crippen LogP contribution in [0.5, 0.6) is 0 Å². The predicted molar refractivity (Wildman–Crippen MR) is 102 cm³/mol. The summed E-state index contributed by atoms with van der Waals surface area (Å²) in [5.41, 5.74) is 3.15. The molecule has 0 unspecified atom stereocenters. The molecule has 1 fully saturated rings. The Bertz CT molecular complexity index is 911. The first-order valence-corrected chi connectivity index (χ1v) is 9.16. The molecule has 3 aromatic rings. The van der Waals surface area contributed by atoms with Crippen LogP contribution < -0.4 is 5.32 Å². The van der Waals surface area contributed by atoms with Gasteiger partial charge in [0.15, 0.2) is 0 Å². The molecule has 3 nitrogen and oxygen atoms in total. The van der Waals surface area contributed by atoms with Crippen molar-refractivity contribution in [1.82, 2.24) is 10.3 Å². The molecule has 0 atom stereocenters. The molecule has 128 valence electrons. The lowest BCUT2D eigenvalue weighted by atomic mass is 9.95. The van der Waals surface area contributed by atoms with E-state index in [-0.39, 0.29) is 11.3 Å². The van der Waals surface area contributed by atoms with Crippen LogP contribution in [0.4, 0.5) is 0 Å². The Morgan fingerprint density at radius 2 is 2.00 bits per heavy atom. The molecular weight excluding hydrogens is 332 g/mol. The van der Waals surface area contributed by atoms with E-state index >= 15 is 0 Å². The first kappa shape index (κ1) is 16.2. The van der Waals surface area contributed by atoms with Gasteiger partial charge in [-0.3, -0.25) is 4.79 Å². The molecule has 1 saturated carbocycles. The van der Waals surface area contributed by atoms with Crippen LogP contribution in [0.25, 0.3) is 10.9 Å². The standard InChI is InChI=1S/C21H21ClN2O/c22-17-7-3-6-16(13-17)21(10-11-21)20(25)23-12-4-5-15-14-24-19-9-2-1-8-18(15)19/h1-3,6-9,13-14,24H,4-5,10-12H2,(H,23,25). The van der Waals surface area contributed by atoms with Gasteiger partial charge in [0.05, 0.1) is 5.41 Å². The molecule has 1 heterocycles. The molecule has 2 N–H and O–H groups in total. The molecule has 0 spiro atoms. The lowest BCUT2D eigenvalue weighted by Crippen LogP contribution is -2.35. The van der Waals surface area contributed by atoms with Crippen molar-refractivity contribution in [2.45, 2.75) is 31.1 Å². The van der Waals surface area contributed by atoms with E-state index in [0.717, 1.165) is 31.2 Å². The first-order chi connectivity index (χ1) is 12.2. The lowest BCUT2D eigenvalue weighted by Gasteiger charge is -2.16. The average Bonchev–Trinajstić information content (AvgIpc) is 3.35. The second-order valence-electron chi connectivity index (χ2n) is 6.81. The Balaban J connectivity index is 1.34. The number of H-pyrrole nitrogens is 1. The third-order valence-corrected chi connectivity index (χ3v) is 5.38. The summed E-state index contributed by atoms with van der Waals surface area (Å²) in [4.78, 5) is 16.0. The molecule has 4 heteroatoms. The number of fused-ring (bicyclic) bond motifs is 1. The Morgan fingerprint density at radius 1 is 1.16 bits per heavy atom. The van der Waals surface area contributed by atoms with Crippen molar-refractivity contribution in [1.29, 1.82) is 0 Å². The zero-order valence-electron chi connectivity index (χ0n) is 14.0. The Morgan fingerprint density at radius 3 is 2.80 bits per heavy atom. The Labute approximate surface area is 152 Å². The molecule has 0 radical (unpaired) electrons. The summed E-state index contributed by atoms with van der Waals surface area (Å²) in [7, 11) is 0. The molecule has 2 aromatic carbocycles. The number of nitrogens with one attached hydrogen (secondary N) is 2. The van der Waals surface area contributed by atoms with Crippen molar-refractivity contribution in [3.8, 4) is 0 Å². The van der Waals surface area contributed by atoms with Gasteiger partial charge in [-0.25, -0.2) is 0 Å². The number of hydrogen-bond acceptors (Lipinski definition) is 1. The summed E-state index contributed by atoms with van der Waals surface area (Å²) in [6.45, 7) is 0.695. The van der Waals surface area contributed by atoms with Crippen LogP contribution in [0.3, 0.4) is 0 Å². The number of hydrogen-bond donors (Lipinski definition) is 2. The summed E-state index contributed by atoms with van der Waals surface area (Å²) in [6, 6.07) is 16.0. The van der Waals surface area contributed by atoms with Crippen molar-refractivity contribution in [3.63, 3.8) is 0 Å². The smallest absolute Gasteiger partial charge is 0.230 e. The summed E-state index contributed by atoms with van der Waals surface area (Å²) in [5.74, 6) is 0.133. The van der Waals surface area contributed by atoms with Crippen LogP contribution in [0, 0.1) is 0 Å². The highest BCUT2D eigenvalue weighted by Gasteiger charge is 2.51. The van der Waals surface area contributed by atoms with Gasteiger partial charge in [0.2, 0.25) is 5.91 Å². The molecule has 0 bridgehead atoms. The van der Waals surface area contributed by atoms with Crippen molar-refractivity contribution in [2.24, 2.45) is 0 Å². The topological polar surface area (TPSA) is 44.9 Å². The highest BCUT2D eigenvalue weighted by atomic mass is 35.5. The molecule has 1 amide bonds. The largest absolute Gasteiger partial charge is 0.361 e. The number of para-hydroxylation sites is 1. The third kappa shape index (κ3) is 3.16. The zero-order chi connectivity index (χ0) is 17.3. The minimum Gasteiger partial charge on any atom is -0.361 e. The van der Waals surface area contributed by atoms with E-state index in [2.05, 4.69) is 34.7 Å². The van der Waals surface area contributed by atoms with E-state index in [0.29, 0.717) is 11.6 Å². The Hall–Kier alpha value is -2.26. The highest BCUT2D eigenvalue weighted by Crippen LogP contribution is 2.48. The summed E-state index contributed by atoms with van der Waals surface area (Å²) >= 11 is 6.08. The van der Waals surface area contributed by atoms with Gasteiger partial charge in [-0.1, -0.05) is 41.9 Å². The van der Waals surface area contributed by atoms with Gasteiger partial charge in [0.25, 0.3) is 0 Å². The van der Waals surface area contributed by atoms with E-state index in [1.807, 2.05) is 30.3 Å². The van der Waals surface area contributed by atoms with Gasteiger partial charge >= 0.3 is 0 Å². The maximum absolute atomic E-state index is 12.7. The number of carbonyl (C=O) groups is 1. The second-order valence-corrected chi connectivity index (χ2v) is 7.25.